The zero-order chi connectivity index (χ0) is 35.1. The molecule has 1 fully saturated rings. The van der Waals surface area contributed by atoms with Gasteiger partial charge in [0, 0.05) is 25.9 Å². The van der Waals surface area contributed by atoms with Crippen LogP contribution in [0.3, 0.4) is 0 Å². The Bertz CT molecular complexity index is 1820. The molecule has 0 radical (unpaired) electrons. The van der Waals surface area contributed by atoms with E-state index in [4.69, 9.17) is 21.0 Å². The molecular formula is C33H40N6O8S2. The zero-order valence-corrected chi connectivity index (χ0v) is 28.4. The molecule has 1 atom stereocenters. The monoisotopic (exact) mass is 712 g/mol. The van der Waals surface area contributed by atoms with Crippen molar-refractivity contribution in [1.29, 1.82) is 5.41 Å². The molecular weight excluding hydrogens is 673 g/mol. The highest BCUT2D eigenvalue weighted by atomic mass is 32.2. The van der Waals surface area contributed by atoms with Gasteiger partial charge < -0.3 is 31.3 Å². The maximum atomic E-state index is 14.0. The summed E-state index contributed by atoms with van der Waals surface area (Å²) in [6.45, 7) is 2.74. The van der Waals surface area contributed by atoms with Crippen LogP contribution in [0.2, 0.25) is 0 Å². The summed E-state index contributed by atoms with van der Waals surface area (Å²) in [5.41, 5.74) is 8.59. The Hall–Kier alpha value is -4.67. The van der Waals surface area contributed by atoms with E-state index >= 15 is 0 Å². The van der Waals surface area contributed by atoms with Crippen LogP contribution in [0.4, 0.5) is 5.69 Å². The molecule has 0 unspecified atom stereocenters. The van der Waals surface area contributed by atoms with Gasteiger partial charge in [0.25, 0.3) is 15.9 Å². The molecule has 0 aliphatic carbocycles. The van der Waals surface area contributed by atoms with Crippen LogP contribution in [0.25, 0.3) is 11.1 Å². The molecule has 16 heteroatoms. The molecule has 2 aliphatic heterocycles. The molecule has 2 aromatic carbocycles. The van der Waals surface area contributed by atoms with Crippen LogP contribution in [0, 0.1) is 11.3 Å². The molecule has 14 nitrogen and oxygen atoms in total. The van der Waals surface area contributed by atoms with Crippen LogP contribution in [0.1, 0.15) is 52.9 Å². The Morgan fingerprint density at radius 3 is 2.59 bits per heavy atom. The van der Waals surface area contributed by atoms with Gasteiger partial charge in [0.1, 0.15) is 21.6 Å². The van der Waals surface area contributed by atoms with Crippen molar-refractivity contribution in [1.82, 2.24) is 15.5 Å². The van der Waals surface area contributed by atoms with Gasteiger partial charge in [-0.3, -0.25) is 24.6 Å². The number of nitrogens with one attached hydrogen (secondary N) is 4. The third-order valence-corrected chi connectivity index (χ3v) is 10.9. The molecule has 3 heterocycles. The van der Waals surface area contributed by atoms with Crippen molar-refractivity contribution in [2.75, 3.05) is 31.0 Å². The Kier molecular flexibility index (Phi) is 11.4. The second-order valence-corrected chi connectivity index (χ2v) is 14.7. The van der Waals surface area contributed by atoms with E-state index in [1.165, 1.54) is 11.4 Å². The summed E-state index contributed by atoms with van der Waals surface area (Å²) in [5, 5.41) is 32.6. The smallest absolute Gasteiger partial charge is 0.326 e. The summed E-state index contributed by atoms with van der Waals surface area (Å²) in [6, 6.07) is 11.5. The maximum absolute atomic E-state index is 14.0. The number of aliphatic carboxylic acids is 2. The van der Waals surface area contributed by atoms with Crippen LogP contribution in [0.15, 0.2) is 52.7 Å². The highest BCUT2D eigenvalue weighted by Gasteiger charge is 2.30. The zero-order valence-electron chi connectivity index (χ0n) is 26.7. The largest absolute Gasteiger partial charge is 0.492 e. The van der Waals surface area contributed by atoms with E-state index < -0.39 is 33.9 Å². The second kappa shape index (κ2) is 15.7. The van der Waals surface area contributed by atoms with Gasteiger partial charge in [0.05, 0.1) is 12.3 Å². The van der Waals surface area contributed by atoms with Crippen molar-refractivity contribution in [2.45, 2.75) is 56.0 Å². The minimum absolute atomic E-state index is 0.00266. The lowest BCUT2D eigenvalue weighted by atomic mass is 9.92. The number of nitrogens with zero attached hydrogens (tertiary/aromatic N) is 1. The number of thiophene rings is 1. The topological polar surface area (TPSA) is 224 Å². The second-order valence-electron chi connectivity index (χ2n) is 12.2. The number of benzene rings is 2. The minimum atomic E-state index is -4.28. The van der Waals surface area contributed by atoms with Gasteiger partial charge in [0.2, 0.25) is 0 Å². The van der Waals surface area contributed by atoms with E-state index in [2.05, 4.69) is 20.3 Å². The maximum Gasteiger partial charge on any atom is 0.326 e. The highest BCUT2D eigenvalue weighted by Crippen LogP contribution is 2.40. The van der Waals surface area contributed by atoms with Gasteiger partial charge in [-0.25, -0.2) is 13.2 Å². The van der Waals surface area contributed by atoms with E-state index in [1.54, 1.807) is 6.07 Å². The predicted octanol–water partition coefficient (Wildman–Crippen LogP) is 3.28. The number of fused-ring (bicyclic) bond motifs is 1. The number of likely N-dealkylation sites (tertiary alicyclic amines) is 1. The number of anilines is 1. The van der Waals surface area contributed by atoms with Crippen LogP contribution < -0.4 is 25.8 Å². The van der Waals surface area contributed by atoms with E-state index in [0.29, 0.717) is 31.6 Å². The summed E-state index contributed by atoms with van der Waals surface area (Å²) < 4.78 is 36.3. The molecule has 2 aliphatic rings. The molecule has 5 rings (SSSR count). The van der Waals surface area contributed by atoms with Crippen molar-refractivity contribution < 1.29 is 37.8 Å². The number of nitrogens with two attached hydrogens (primary N) is 1. The fourth-order valence-electron chi connectivity index (χ4n) is 6.18. The predicted molar refractivity (Wildman–Crippen MR) is 184 cm³/mol. The van der Waals surface area contributed by atoms with Crippen molar-refractivity contribution in [2.24, 2.45) is 11.7 Å². The van der Waals surface area contributed by atoms with Crippen molar-refractivity contribution in [3.8, 4) is 16.9 Å². The number of carboxylic acid groups (broad SMARTS) is 2. The van der Waals surface area contributed by atoms with E-state index in [1.807, 2.05) is 30.3 Å². The number of ether oxygens (including phenoxy) is 1. The summed E-state index contributed by atoms with van der Waals surface area (Å²) in [7, 11) is -4.28. The third kappa shape index (κ3) is 9.07. The molecule has 1 amide bonds. The fraction of sp³-hybridized carbons (Fsp3) is 0.394. The first-order chi connectivity index (χ1) is 23.4. The molecule has 0 spiro atoms. The molecule has 3 aromatic rings. The third-order valence-electron chi connectivity index (χ3n) is 8.64. The molecule has 0 bridgehead atoms. The Labute approximate surface area is 288 Å². The average molecular weight is 713 g/mol. The molecule has 49 heavy (non-hydrogen) atoms. The number of sulfonamides is 1. The van der Waals surface area contributed by atoms with E-state index in [9.17, 15) is 27.9 Å². The van der Waals surface area contributed by atoms with Crippen molar-refractivity contribution >= 4 is 50.9 Å². The summed E-state index contributed by atoms with van der Waals surface area (Å²) in [6.07, 6.45) is 2.68. The van der Waals surface area contributed by atoms with E-state index in [0.717, 1.165) is 54.0 Å². The summed E-state index contributed by atoms with van der Waals surface area (Å²) in [4.78, 5) is 38.4. The van der Waals surface area contributed by atoms with Gasteiger partial charge in [-0.15, -0.1) is 11.3 Å². The summed E-state index contributed by atoms with van der Waals surface area (Å²) >= 11 is 0.972. The van der Waals surface area contributed by atoms with Crippen LogP contribution >= 0.6 is 11.3 Å². The Morgan fingerprint density at radius 1 is 1.12 bits per heavy atom. The lowest BCUT2D eigenvalue weighted by Crippen LogP contribution is -2.41. The average Bonchev–Trinajstić information content (AvgIpc) is 3.72. The van der Waals surface area contributed by atoms with Gasteiger partial charge >= 0.3 is 11.9 Å². The van der Waals surface area contributed by atoms with Crippen molar-refractivity contribution in [3.05, 3.63) is 63.8 Å². The number of rotatable bonds is 15. The SMILES string of the molecule is N=C(N)NCCC[C@H](NC(=O)c1sccc1NS(=O)(=O)c1cc(-c2ccccc2CN2CCC(CC(=O)O)CC2)cc2c1OCC2)C(=O)O. The normalized spacial score (nSPS) is 15.5. The molecule has 262 valence electrons. The number of carbonyl (C=O) groups excluding carboxylic acids is 1. The van der Waals surface area contributed by atoms with Crippen LogP contribution in [0.5, 0.6) is 5.75 Å². The number of hydrogen-bond donors (Lipinski definition) is 7. The molecule has 1 aromatic heterocycles. The van der Waals surface area contributed by atoms with Crippen LogP contribution in [-0.2, 0) is 32.6 Å². The molecule has 0 saturated carbocycles. The van der Waals surface area contributed by atoms with E-state index in [-0.39, 0.29) is 52.5 Å². The summed E-state index contributed by atoms with van der Waals surface area (Å²) in [5.74, 6) is -2.60. The minimum Gasteiger partial charge on any atom is -0.492 e. The molecule has 8 N–H and O–H groups in total. The first-order valence-electron chi connectivity index (χ1n) is 15.9. The fourth-order valence-corrected chi connectivity index (χ4v) is 8.28. The quantitative estimate of drug-likeness (QED) is 0.0688. The molecule has 1 saturated heterocycles. The highest BCUT2D eigenvalue weighted by molar-refractivity contribution is 7.92. The number of carbonyl (C=O) groups is 3. The number of carboxylic acids is 2. The number of amides is 1. The van der Waals surface area contributed by atoms with Crippen LogP contribution in [-0.4, -0.2) is 79.6 Å². The first-order valence-corrected chi connectivity index (χ1v) is 18.3. The number of hydrogen-bond acceptors (Lipinski definition) is 9. The number of piperidine rings is 1. The van der Waals surface area contributed by atoms with Gasteiger partial charge in [0.15, 0.2) is 5.96 Å². The lowest BCUT2D eigenvalue weighted by molar-refractivity contribution is -0.140. The first kappa shape index (κ1) is 35.6. The Balaban J connectivity index is 1.35. The number of guanidine groups is 1. The lowest BCUT2D eigenvalue weighted by Gasteiger charge is -2.31. The van der Waals surface area contributed by atoms with Gasteiger partial charge in [-0.05, 0) is 90.5 Å². The van der Waals surface area contributed by atoms with Crippen molar-refractivity contribution in [3.63, 3.8) is 0 Å². The van der Waals surface area contributed by atoms with Gasteiger partial charge in [-0.1, -0.05) is 24.3 Å². The Morgan fingerprint density at radius 2 is 1.88 bits per heavy atom. The standard InChI is InChI=1S/C33H40N6O8S2/c34-33(35)36-11-3-6-26(32(43)44)37-31(42)30-25(10-15-48-30)38-49(45,46)27-18-23(17-21-9-14-47-29(21)27)24-5-2-1-4-22(24)19-39-12-7-20(8-13-39)16-28(40)41/h1-2,4-5,10,15,17-18,20,26,38H,3,6-9,11-14,16,19H2,(H,37,42)(H,40,41)(H,43,44)(H4,34,35,36)/t26-/m0/s1. The van der Waals surface area contributed by atoms with Gasteiger partial charge in [-0.2, -0.15) is 0 Å².